The molecule has 1 saturated heterocycles. The number of aryl methyl sites for hydroxylation is 1. The average Bonchev–Trinajstić information content (AvgIpc) is 2.85. The summed E-state index contributed by atoms with van der Waals surface area (Å²) in [6.45, 7) is 7.42. The molecule has 1 aromatic rings. The van der Waals surface area contributed by atoms with Gasteiger partial charge in [-0.2, -0.15) is 0 Å². The second-order valence-electron chi connectivity index (χ2n) is 5.00. The van der Waals surface area contributed by atoms with Crippen molar-refractivity contribution in [2.45, 2.75) is 31.2 Å². The molecule has 0 unspecified atom stereocenters. The molecule has 0 radical (unpaired) electrons. The average molecular weight is 278 g/mol. The lowest BCUT2D eigenvalue weighted by Crippen LogP contribution is -2.38. The third-order valence-corrected chi connectivity index (χ3v) is 4.71. The van der Waals surface area contributed by atoms with Crippen LogP contribution in [0.2, 0.25) is 0 Å². The highest BCUT2D eigenvalue weighted by molar-refractivity contribution is 8.00. The Balaban J connectivity index is 1.75. The topological polar surface area (TPSA) is 32.3 Å². The van der Waals surface area contributed by atoms with Gasteiger partial charge in [0.05, 0.1) is 5.75 Å². The number of likely N-dealkylation sites (N-methyl/N-ethyl adjacent to an activating group) is 1. The smallest absolute Gasteiger partial charge is 0.230 e. The summed E-state index contributed by atoms with van der Waals surface area (Å²) in [5.74, 6) is 0.657. The summed E-state index contributed by atoms with van der Waals surface area (Å²) in [6, 6.07) is 8.53. The maximum Gasteiger partial charge on any atom is 0.230 e. The molecule has 1 fully saturated rings. The number of thioether (sulfide) groups is 1. The zero-order valence-electron chi connectivity index (χ0n) is 11.7. The van der Waals surface area contributed by atoms with E-state index >= 15 is 0 Å². The van der Waals surface area contributed by atoms with Crippen molar-refractivity contribution in [3.05, 3.63) is 29.8 Å². The van der Waals surface area contributed by atoms with E-state index in [2.05, 4.69) is 36.2 Å². The van der Waals surface area contributed by atoms with Crippen LogP contribution < -0.4 is 5.32 Å². The van der Waals surface area contributed by atoms with Crippen molar-refractivity contribution < 1.29 is 4.79 Å². The molecule has 0 saturated carbocycles. The Kier molecular flexibility index (Phi) is 5.28. The van der Waals surface area contributed by atoms with Gasteiger partial charge in [0, 0.05) is 24.0 Å². The Morgan fingerprint density at radius 2 is 2.26 bits per heavy atom. The lowest BCUT2D eigenvalue weighted by molar-refractivity contribution is -0.119. The van der Waals surface area contributed by atoms with Crippen molar-refractivity contribution in [1.82, 2.24) is 10.2 Å². The van der Waals surface area contributed by atoms with E-state index in [1.807, 2.05) is 12.1 Å². The van der Waals surface area contributed by atoms with Crippen LogP contribution in [-0.2, 0) is 4.79 Å². The first kappa shape index (κ1) is 14.4. The molecule has 1 amide bonds. The third-order valence-electron chi connectivity index (χ3n) is 3.54. The van der Waals surface area contributed by atoms with E-state index in [1.165, 1.54) is 10.5 Å². The van der Waals surface area contributed by atoms with Gasteiger partial charge in [-0.15, -0.1) is 11.8 Å². The van der Waals surface area contributed by atoms with Gasteiger partial charge >= 0.3 is 0 Å². The highest BCUT2D eigenvalue weighted by Crippen LogP contribution is 2.21. The molecule has 2 rings (SSSR count). The molecule has 1 aliphatic heterocycles. The third kappa shape index (κ3) is 4.25. The Hall–Kier alpha value is -1.00. The van der Waals surface area contributed by atoms with Gasteiger partial charge in [-0.05, 0) is 31.5 Å². The van der Waals surface area contributed by atoms with Crippen LogP contribution in [0.4, 0.5) is 0 Å². The van der Waals surface area contributed by atoms with Crippen molar-refractivity contribution in [3.63, 3.8) is 0 Å². The van der Waals surface area contributed by atoms with Crippen molar-refractivity contribution >= 4 is 17.7 Å². The molecule has 0 aliphatic carbocycles. The van der Waals surface area contributed by atoms with E-state index in [-0.39, 0.29) is 5.91 Å². The Morgan fingerprint density at radius 1 is 1.47 bits per heavy atom. The maximum absolute atomic E-state index is 11.9. The van der Waals surface area contributed by atoms with E-state index in [4.69, 9.17) is 0 Å². The van der Waals surface area contributed by atoms with E-state index in [0.29, 0.717) is 11.8 Å². The number of hydrogen-bond acceptors (Lipinski definition) is 3. The van der Waals surface area contributed by atoms with Gasteiger partial charge in [-0.3, -0.25) is 4.79 Å². The summed E-state index contributed by atoms with van der Waals surface area (Å²) in [5, 5.41) is 3.13. The van der Waals surface area contributed by atoms with E-state index in [0.717, 1.165) is 26.1 Å². The molecule has 1 heterocycles. The molecule has 0 spiro atoms. The number of amides is 1. The molecular weight excluding hydrogens is 256 g/mol. The van der Waals surface area contributed by atoms with E-state index < -0.39 is 0 Å². The fourth-order valence-electron chi connectivity index (χ4n) is 2.37. The number of carbonyl (C=O) groups excluding carboxylic acids is 1. The zero-order chi connectivity index (χ0) is 13.7. The number of nitrogens with zero attached hydrogens (tertiary/aromatic N) is 1. The maximum atomic E-state index is 11.9. The molecule has 1 aromatic carbocycles. The Labute approximate surface area is 119 Å². The lowest BCUT2D eigenvalue weighted by atomic mass is 10.2. The van der Waals surface area contributed by atoms with Gasteiger partial charge in [-0.1, -0.05) is 25.1 Å². The highest BCUT2D eigenvalue weighted by Gasteiger charge is 2.22. The van der Waals surface area contributed by atoms with Crippen LogP contribution in [-0.4, -0.2) is 42.2 Å². The van der Waals surface area contributed by atoms with Crippen LogP contribution in [0.25, 0.3) is 0 Å². The number of carbonyl (C=O) groups is 1. The van der Waals surface area contributed by atoms with Gasteiger partial charge in [-0.25, -0.2) is 0 Å². The van der Waals surface area contributed by atoms with Crippen LogP contribution >= 0.6 is 11.8 Å². The fraction of sp³-hybridized carbons (Fsp3) is 0.533. The Bertz CT molecular complexity index is 436. The predicted octanol–water partition coefficient (Wildman–Crippen LogP) is 2.30. The van der Waals surface area contributed by atoms with Crippen LogP contribution in [0.5, 0.6) is 0 Å². The van der Waals surface area contributed by atoms with Crippen LogP contribution in [0.1, 0.15) is 18.9 Å². The highest BCUT2D eigenvalue weighted by atomic mass is 32.2. The van der Waals surface area contributed by atoms with Gasteiger partial charge in [0.25, 0.3) is 0 Å². The van der Waals surface area contributed by atoms with E-state index in [9.17, 15) is 4.79 Å². The van der Waals surface area contributed by atoms with E-state index in [1.54, 1.807) is 11.8 Å². The van der Waals surface area contributed by atoms with Crippen molar-refractivity contribution in [3.8, 4) is 0 Å². The molecule has 1 aliphatic rings. The summed E-state index contributed by atoms with van der Waals surface area (Å²) in [7, 11) is 0. The minimum absolute atomic E-state index is 0.149. The minimum Gasteiger partial charge on any atom is -0.351 e. The summed E-state index contributed by atoms with van der Waals surface area (Å²) in [6.07, 6.45) is 1.08. The quantitative estimate of drug-likeness (QED) is 0.839. The largest absolute Gasteiger partial charge is 0.351 e. The molecule has 0 aromatic heterocycles. The number of rotatable bonds is 5. The molecule has 1 atom stereocenters. The number of nitrogens with one attached hydrogen (secondary N) is 1. The molecule has 0 bridgehead atoms. The van der Waals surface area contributed by atoms with Crippen LogP contribution in [0, 0.1) is 6.92 Å². The van der Waals surface area contributed by atoms with Gasteiger partial charge in [0.15, 0.2) is 0 Å². The SMILES string of the molecule is CCN1CC[C@@H](NC(=O)CSc2ccccc2C)C1. The molecule has 1 N–H and O–H groups in total. The molecule has 104 valence electrons. The van der Waals surface area contributed by atoms with Gasteiger partial charge in [0.1, 0.15) is 0 Å². The molecular formula is C15H22N2OS. The standard InChI is InChI=1S/C15H22N2OS/c1-3-17-9-8-13(10-17)16-15(18)11-19-14-7-5-4-6-12(14)2/h4-7,13H,3,8-11H2,1-2H3,(H,16,18)/t13-/m1/s1. The molecule has 19 heavy (non-hydrogen) atoms. The number of likely N-dealkylation sites (tertiary alicyclic amines) is 1. The fourth-order valence-corrected chi connectivity index (χ4v) is 3.21. The first-order chi connectivity index (χ1) is 9.19. The second kappa shape index (κ2) is 6.96. The minimum atomic E-state index is 0.149. The first-order valence-electron chi connectivity index (χ1n) is 6.89. The van der Waals surface area contributed by atoms with Crippen LogP contribution in [0.3, 0.4) is 0 Å². The van der Waals surface area contributed by atoms with Gasteiger partial charge in [0.2, 0.25) is 5.91 Å². The normalized spacial score (nSPS) is 19.6. The number of benzene rings is 1. The van der Waals surface area contributed by atoms with Crippen molar-refractivity contribution in [2.75, 3.05) is 25.4 Å². The summed E-state index contributed by atoms with van der Waals surface area (Å²) < 4.78 is 0. The van der Waals surface area contributed by atoms with Crippen molar-refractivity contribution in [1.29, 1.82) is 0 Å². The summed E-state index contributed by atoms with van der Waals surface area (Å²) >= 11 is 1.62. The number of hydrogen-bond donors (Lipinski definition) is 1. The first-order valence-corrected chi connectivity index (χ1v) is 7.87. The summed E-state index contributed by atoms with van der Waals surface area (Å²) in [5.41, 5.74) is 1.23. The van der Waals surface area contributed by atoms with Crippen molar-refractivity contribution in [2.24, 2.45) is 0 Å². The zero-order valence-corrected chi connectivity index (χ0v) is 12.5. The Morgan fingerprint density at radius 3 is 2.95 bits per heavy atom. The second-order valence-corrected chi connectivity index (χ2v) is 6.02. The monoisotopic (exact) mass is 278 g/mol. The molecule has 3 nitrogen and oxygen atoms in total. The lowest BCUT2D eigenvalue weighted by Gasteiger charge is -2.14. The predicted molar refractivity (Wildman–Crippen MR) is 80.6 cm³/mol. The summed E-state index contributed by atoms with van der Waals surface area (Å²) in [4.78, 5) is 15.5. The van der Waals surface area contributed by atoms with Gasteiger partial charge < -0.3 is 10.2 Å². The van der Waals surface area contributed by atoms with Crippen LogP contribution in [0.15, 0.2) is 29.2 Å². The molecule has 4 heteroatoms.